The van der Waals surface area contributed by atoms with Crippen molar-refractivity contribution in [1.29, 1.82) is 0 Å². The molecule has 1 aliphatic heterocycles. The van der Waals surface area contributed by atoms with Gasteiger partial charge < -0.3 is 20.1 Å². The van der Waals surface area contributed by atoms with Gasteiger partial charge in [-0.3, -0.25) is 0 Å². The average molecular weight is 290 g/mol. The number of carboxylic acids is 1. The summed E-state index contributed by atoms with van der Waals surface area (Å²) < 4.78 is 5.13. The fraction of sp³-hybridized carbons (Fsp3) is 0.467. The lowest BCUT2D eigenvalue weighted by Gasteiger charge is -2.35. The van der Waals surface area contributed by atoms with Gasteiger partial charge in [-0.05, 0) is 17.5 Å². The number of rotatable bonds is 3. The van der Waals surface area contributed by atoms with E-state index in [1.807, 2.05) is 12.1 Å². The molecule has 0 aromatic heterocycles. The van der Waals surface area contributed by atoms with E-state index in [1.54, 1.807) is 0 Å². The molecule has 6 nitrogen and oxygen atoms in total. The summed E-state index contributed by atoms with van der Waals surface area (Å²) in [5.41, 5.74) is 2.60. The topological polar surface area (TPSA) is 78.9 Å². The van der Waals surface area contributed by atoms with Crippen molar-refractivity contribution in [3.63, 3.8) is 0 Å². The zero-order valence-corrected chi connectivity index (χ0v) is 11.6. The Labute approximate surface area is 122 Å². The maximum Gasteiger partial charge on any atom is 0.328 e. The van der Waals surface area contributed by atoms with Gasteiger partial charge in [-0.1, -0.05) is 24.3 Å². The molecule has 1 aromatic rings. The van der Waals surface area contributed by atoms with E-state index in [-0.39, 0.29) is 12.6 Å². The first-order valence-corrected chi connectivity index (χ1v) is 7.09. The van der Waals surface area contributed by atoms with Gasteiger partial charge in [-0.25, -0.2) is 9.59 Å². The van der Waals surface area contributed by atoms with Gasteiger partial charge in [-0.2, -0.15) is 0 Å². The van der Waals surface area contributed by atoms with E-state index in [9.17, 15) is 9.59 Å². The largest absolute Gasteiger partial charge is 0.480 e. The number of ether oxygens (including phenoxy) is 1. The zero-order chi connectivity index (χ0) is 14.8. The van der Waals surface area contributed by atoms with Crippen molar-refractivity contribution >= 4 is 12.0 Å². The molecule has 1 aliphatic carbocycles. The van der Waals surface area contributed by atoms with Gasteiger partial charge in [0.25, 0.3) is 0 Å². The van der Waals surface area contributed by atoms with E-state index in [0.717, 1.165) is 6.42 Å². The van der Waals surface area contributed by atoms with Gasteiger partial charge in [0.2, 0.25) is 0 Å². The number of nitrogens with one attached hydrogen (secondary N) is 1. The van der Waals surface area contributed by atoms with Crippen LogP contribution in [0.4, 0.5) is 4.79 Å². The number of nitrogens with zero attached hydrogens (tertiary/aromatic N) is 1. The zero-order valence-electron chi connectivity index (χ0n) is 11.6. The molecule has 2 N–H and O–H groups in total. The minimum absolute atomic E-state index is 0.0506. The normalized spacial score (nSPS) is 23.9. The molecule has 0 saturated carbocycles. The fourth-order valence-corrected chi connectivity index (χ4v) is 2.91. The Kier molecular flexibility index (Phi) is 3.79. The number of amides is 2. The van der Waals surface area contributed by atoms with Crippen LogP contribution in [-0.2, 0) is 16.0 Å². The Bertz CT molecular complexity index is 560. The highest BCUT2D eigenvalue weighted by Crippen LogP contribution is 2.34. The Hall–Kier alpha value is -2.08. The van der Waals surface area contributed by atoms with Gasteiger partial charge in [0, 0.05) is 19.0 Å². The molecule has 1 saturated heterocycles. The Morgan fingerprint density at radius 2 is 2.19 bits per heavy atom. The Morgan fingerprint density at radius 3 is 2.95 bits per heavy atom. The highest BCUT2D eigenvalue weighted by atomic mass is 16.5. The average Bonchev–Trinajstić information content (AvgIpc) is 2.48. The number of benzene rings is 1. The van der Waals surface area contributed by atoms with Gasteiger partial charge in [0.05, 0.1) is 13.2 Å². The number of urea groups is 1. The molecule has 2 aliphatic rings. The number of carbonyl (C=O) groups is 2. The van der Waals surface area contributed by atoms with E-state index in [0.29, 0.717) is 25.6 Å². The minimum Gasteiger partial charge on any atom is -0.480 e. The van der Waals surface area contributed by atoms with Crippen molar-refractivity contribution in [3.8, 4) is 0 Å². The second kappa shape index (κ2) is 5.73. The first kappa shape index (κ1) is 13.9. The maximum atomic E-state index is 12.2. The predicted octanol–water partition coefficient (Wildman–Crippen LogP) is 0.821. The van der Waals surface area contributed by atoms with Crippen LogP contribution in [0.1, 0.15) is 17.0 Å². The third-order valence-corrected chi connectivity index (χ3v) is 4.14. The van der Waals surface area contributed by atoms with Crippen LogP contribution in [0.5, 0.6) is 0 Å². The SMILES string of the molecule is O=C(O)C1COCCN1C(=O)NCC1Cc2ccccc21. The number of carboxylic acid groups (broad SMARTS) is 1. The molecule has 2 unspecified atom stereocenters. The number of fused-ring (bicyclic) bond motifs is 1. The van der Waals surface area contributed by atoms with E-state index in [2.05, 4.69) is 17.4 Å². The van der Waals surface area contributed by atoms with Crippen LogP contribution in [-0.4, -0.2) is 54.4 Å². The quantitative estimate of drug-likeness (QED) is 0.864. The molecule has 1 heterocycles. The second-order valence-electron chi connectivity index (χ2n) is 5.41. The lowest BCUT2D eigenvalue weighted by molar-refractivity contribution is -0.147. The highest BCUT2D eigenvalue weighted by molar-refractivity contribution is 5.83. The summed E-state index contributed by atoms with van der Waals surface area (Å²) in [7, 11) is 0. The molecule has 21 heavy (non-hydrogen) atoms. The molecule has 6 heteroatoms. The second-order valence-corrected chi connectivity index (χ2v) is 5.41. The van der Waals surface area contributed by atoms with Crippen LogP contribution in [0.25, 0.3) is 0 Å². The highest BCUT2D eigenvalue weighted by Gasteiger charge is 2.33. The molecule has 0 radical (unpaired) electrons. The van der Waals surface area contributed by atoms with Crippen molar-refractivity contribution in [2.24, 2.45) is 0 Å². The van der Waals surface area contributed by atoms with Gasteiger partial charge in [0.15, 0.2) is 6.04 Å². The molecule has 0 bridgehead atoms. The first-order chi connectivity index (χ1) is 10.2. The summed E-state index contributed by atoms with van der Waals surface area (Å²) in [4.78, 5) is 24.6. The van der Waals surface area contributed by atoms with Crippen LogP contribution in [0, 0.1) is 0 Å². The number of hydrogen-bond donors (Lipinski definition) is 2. The number of hydrogen-bond acceptors (Lipinski definition) is 3. The molecule has 2 atom stereocenters. The van der Waals surface area contributed by atoms with Gasteiger partial charge in [0.1, 0.15) is 0 Å². The summed E-state index contributed by atoms with van der Waals surface area (Å²) in [5.74, 6) is -0.701. The van der Waals surface area contributed by atoms with Crippen LogP contribution < -0.4 is 5.32 Å². The Balaban J connectivity index is 1.56. The third kappa shape index (κ3) is 2.71. The summed E-state index contributed by atoms with van der Waals surface area (Å²) in [5, 5.41) is 12.0. The van der Waals surface area contributed by atoms with Gasteiger partial charge >= 0.3 is 12.0 Å². The number of aliphatic carboxylic acids is 1. The van der Waals surface area contributed by atoms with Crippen molar-refractivity contribution < 1.29 is 19.4 Å². The summed E-state index contributed by atoms with van der Waals surface area (Å²) >= 11 is 0. The van der Waals surface area contributed by atoms with Crippen LogP contribution >= 0.6 is 0 Å². The van der Waals surface area contributed by atoms with E-state index >= 15 is 0 Å². The summed E-state index contributed by atoms with van der Waals surface area (Å²) in [6.45, 7) is 1.28. The summed E-state index contributed by atoms with van der Waals surface area (Å²) in [6, 6.07) is 6.96. The predicted molar refractivity (Wildman–Crippen MR) is 75.2 cm³/mol. The van der Waals surface area contributed by atoms with Crippen LogP contribution in [0.15, 0.2) is 24.3 Å². The van der Waals surface area contributed by atoms with Gasteiger partial charge in [-0.15, -0.1) is 0 Å². The molecule has 3 rings (SSSR count). The molecule has 2 amide bonds. The first-order valence-electron chi connectivity index (χ1n) is 7.09. The maximum absolute atomic E-state index is 12.2. The smallest absolute Gasteiger partial charge is 0.328 e. The Morgan fingerprint density at radius 1 is 1.38 bits per heavy atom. The van der Waals surface area contributed by atoms with Crippen molar-refractivity contribution in [3.05, 3.63) is 35.4 Å². The molecule has 112 valence electrons. The molecular formula is C15H18N2O4. The van der Waals surface area contributed by atoms with E-state index in [1.165, 1.54) is 16.0 Å². The third-order valence-electron chi connectivity index (χ3n) is 4.14. The van der Waals surface area contributed by atoms with E-state index < -0.39 is 12.0 Å². The van der Waals surface area contributed by atoms with Crippen LogP contribution in [0.3, 0.4) is 0 Å². The standard InChI is InChI=1S/C15H18N2O4/c18-14(19)13-9-21-6-5-17(13)15(20)16-8-11-7-10-3-1-2-4-12(10)11/h1-4,11,13H,5-9H2,(H,16,20)(H,18,19). The van der Waals surface area contributed by atoms with Crippen molar-refractivity contribution in [2.75, 3.05) is 26.3 Å². The molecular weight excluding hydrogens is 272 g/mol. The number of morpholine rings is 1. The van der Waals surface area contributed by atoms with Crippen LogP contribution in [0.2, 0.25) is 0 Å². The molecule has 0 spiro atoms. The lowest BCUT2D eigenvalue weighted by atomic mass is 9.78. The van der Waals surface area contributed by atoms with Crippen molar-refractivity contribution in [1.82, 2.24) is 10.2 Å². The molecule has 1 fully saturated rings. The monoisotopic (exact) mass is 290 g/mol. The number of carbonyl (C=O) groups excluding carboxylic acids is 1. The van der Waals surface area contributed by atoms with Crippen molar-refractivity contribution in [2.45, 2.75) is 18.4 Å². The minimum atomic E-state index is -1.03. The fourth-order valence-electron chi connectivity index (χ4n) is 2.91. The summed E-state index contributed by atoms with van der Waals surface area (Å²) in [6.07, 6.45) is 0.960. The molecule has 1 aromatic carbocycles. The lowest BCUT2D eigenvalue weighted by Crippen LogP contribution is -2.56. The van der Waals surface area contributed by atoms with E-state index in [4.69, 9.17) is 9.84 Å².